The van der Waals surface area contributed by atoms with Crippen molar-refractivity contribution in [3.8, 4) is 0 Å². The number of para-hydroxylation sites is 1. The molecule has 0 atom stereocenters. The van der Waals surface area contributed by atoms with Gasteiger partial charge >= 0.3 is 6.03 Å². The lowest BCUT2D eigenvalue weighted by Gasteiger charge is -2.28. The molecule has 0 fully saturated rings. The maximum absolute atomic E-state index is 13.1. The monoisotopic (exact) mass is 389 g/mol. The van der Waals surface area contributed by atoms with E-state index < -0.39 is 0 Å². The molecular formula is C25H31N3O. The number of anilines is 1. The Labute approximate surface area is 174 Å². The van der Waals surface area contributed by atoms with E-state index in [1.165, 1.54) is 11.1 Å². The van der Waals surface area contributed by atoms with E-state index in [9.17, 15) is 4.79 Å². The van der Waals surface area contributed by atoms with E-state index in [1.54, 1.807) is 0 Å². The predicted octanol–water partition coefficient (Wildman–Crippen LogP) is 5.90. The normalized spacial score (nSPS) is 11.0. The Balaban J connectivity index is 1.78. The van der Waals surface area contributed by atoms with E-state index in [0.717, 1.165) is 29.1 Å². The minimum atomic E-state index is -0.0688. The molecule has 1 N–H and O–H groups in total. The van der Waals surface area contributed by atoms with Crippen LogP contribution < -0.4 is 5.32 Å². The van der Waals surface area contributed by atoms with Crippen LogP contribution >= 0.6 is 0 Å². The highest BCUT2D eigenvalue weighted by atomic mass is 16.2. The number of nitrogens with zero attached hydrogens (tertiary/aromatic N) is 2. The van der Waals surface area contributed by atoms with Crippen molar-refractivity contribution in [2.45, 2.75) is 53.8 Å². The average molecular weight is 390 g/mol. The van der Waals surface area contributed by atoms with E-state index >= 15 is 0 Å². The molecule has 152 valence electrons. The Morgan fingerprint density at radius 3 is 2.34 bits per heavy atom. The van der Waals surface area contributed by atoms with E-state index in [0.29, 0.717) is 6.54 Å². The van der Waals surface area contributed by atoms with Crippen LogP contribution in [0.3, 0.4) is 0 Å². The van der Waals surface area contributed by atoms with Gasteiger partial charge in [0.15, 0.2) is 0 Å². The maximum atomic E-state index is 13.1. The molecule has 1 aromatic heterocycles. The standard InChI is InChI=1S/C25H31N3O/c1-18(2)28(25(29)26-24-20(4)10-7-11-21(24)5)17-23-13-8-14-27(23)16-22-12-6-9-19(3)15-22/h6-15,18H,16-17H2,1-5H3,(H,26,29). The Morgan fingerprint density at radius 2 is 1.69 bits per heavy atom. The van der Waals surface area contributed by atoms with Gasteiger partial charge in [0.2, 0.25) is 0 Å². The molecule has 0 spiro atoms. The number of aromatic nitrogens is 1. The second-order valence-electron chi connectivity index (χ2n) is 8.04. The largest absolute Gasteiger partial charge is 0.345 e. The third-order valence-corrected chi connectivity index (χ3v) is 5.29. The van der Waals surface area contributed by atoms with Gasteiger partial charge in [-0.05, 0) is 63.4 Å². The Morgan fingerprint density at radius 1 is 1.00 bits per heavy atom. The van der Waals surface area contributed by atoms with Gasteiger partial charge in [0.1, 0.15) is 0 Å². The zero-order valence-electron chi connectivity index (χ0n) is 18.1. The van der Waals surface area contributed by atoms with Gasteiger partial charge in [-0.3, -0.25) is 0 Å². The van der Waals surface area contributed by atoms with Gasteiger partial charge in [0, 0.05) is 30.2 Å². The lowest BCUT2D eigenvalue weighted by Crippen LogP contribution is -2.40. The van der Waals surface area contributed by atoms with Gasteiger partial charge in [-0.25, -0.2) is 4.79 Å². The number of rotatable bonds is 6. The molecule has 1 heterocycles. The number of hydrogen-bond donors (Lipinski definition) is 1. The number of urea groups is 1. The number of aryl methyl sites for hydroxylation is 3. The first-order chi connectivity index (χ1) is 13.8. The summed E-state index contributed by atoms with van der Waals surface area (Å²) in [7, 11) is 0. The summed E-state index contributed by atoms with van der Waals surface area (Å²) in [5, 5.41) is 3.13. The molecule has 4 heteroatoms. The van der Waals surface area contributed by atoms with Crippen molar-refractivity contribution < 1.29 is 4.79 Å². The number of nitrogens with one attached hydrogen (secondary N) is 1. The van der Waals surface area contributed by atoms with Gasteiger partial charge < -0.3 is 14.8 Å². The van der Waals surface area contributed by atoms with Crippen LogP contribution in [0.1, 0.15) is 41.8 Å². The van der Waals surface area contributed by atoms with Crippen LogP contribution in [0.4, 0.5) is 10.5 Å². The highest BCUT2D eigenvalue weighted by Crippen LogP contribution is 2.21. The molecule has 0 saturated carbocycles. The molecule has 29 heavy (non-hydrogen) atoms. The van der Waals surface area contributed by atoms with Crippen LogP contribution in [0.25, 0.3) is 0 Å². The first kappa shape index (κ1) is 20.7. The van der Waals surface area contributed by atoms with E-state index in [2.05, 4.69) is 67.2 Å². The van der Waals surface area contributed by atoms with E-state index in [1.807, 2.05) is 43.0 Å². The number of hydrogen-bond acceptors (Lipinski definition) is 1. The Bertz CT molecular complexity index is 967. The van der Waals surface area contributed by atoms with Crippen LogP contribution in [-0.2, 0) is 13.1 Å². The topological polar surface area (TPSA) is 37.3 Å². The Kier molecular flexibility index (Phi) is 6.42. The summed E-state index contributed by atoms with van der Waals surface area (Å²) in [6.45, 7) is 11.6. The van der Waals surface area contributed by atoms with Crippen LogP contribution in [0.2, 0.25) is 0 Å². The highest BCUT2D eigenvalue weighted by molar-refractivity contribution is 5.91. The molecule has 0 bridgehead atoms. The smallest absolute Gasteiger partial charge is 0.322 e. The van der Waals surface area contributed by atoms with Gasteiger partial charge in [0.05, 0.1) is 6.54 Å². The molecule has 3 rings (SSSR count). The maximum Gasteiger partial charge on any atom is 0.322 e. The van der Waals surface area contributed by atoms with E-state index in [-0.39, 0.29) is 12.1 Å². The van der Waals surface area contributed by atoms with Gasteiger partial charge in [-0.15, -0.1) is 0 Å². The van der Waals surface area contributed by atoms with Crippen LogP contribution in [0.5, 0.6) is 0 Å². The van der Waals surface area contributed by atoms with Gasteiger partial charge in [-0.1, -0.05) is 48.0 Å². The van der Waals surface area contributed by atoms with Crippen LogP contribution in [0.15, 0.2) is 60.8 Å². The van der Waals surface area contributed by atoms with Crippen molar-refractivity contribution in [2.75, 3.05) is 5.32 Å². The van der Waals surface area contributed by atoms with Gasteiger partial charge in [0.25, 0.3) is 0 Å². The third-order valence-electron chi connectivity index (χ3n) is 5.29. The summed E-state index contributed by atoms with van der Waals surface area (Å²) in [6, 6.07) is 18.8. The molecule has 3 aromatic rings. The Hall–Kier alpha value is -3.01. The first-order valence-electron chi connectivity index (χ1n) is 10.2. The first-order valence-corrected chi connectivity index (χ1v) is 10.2. The lowest BCUT2D eigenvalue weighted by atomic mass is 10.1. The molecule has 0 radical (unpaired) electrons. The molecule has 2 amide bonds. The zero-order valence-corrected chi connectivity index (χ0v) is 18.1. The highest BCUT2D eigenvalue weighted by Gasteiger charge is 2.20. The minimum Gasteiger partial charge on any atom is -0.345 e. The summed E-state index contributed by atoms with van der Waals surface area (Å²) in [4.78, 5) is 15.0. The van der Waals surface area contributed by atoms with Crippen LogP contribution in [-0.4, -0.2) is 21.5 Å². The summed E-state index contributed by atoms with van der Waals surface area (Å²) >= 11 is 0. The summed E-state index contributed by atoms with van der Waals surface area (Å²) in [5.74, 6) is 0. The van der Waals surface area contributed by atoms with Crippen LogP contribution in [0, 0.1) is 20.8 Å². The SMILES string of the molecule is Cc1cccc(Cn2cccc2CN(C(=O)Nc2c(C)cccc2C)C(C)C)c1. The van der Waals surface area contributed by atoms with E-state index in [4.69, 9.17) is 0 Å². The number of benzene rings is 2. The third kappa shape index (κ3) is 5.08. The number of amides is 2. The number of carbonyl (C=O) groups is 1. The number of carbonyl (C=O) groups excluding carboxylic acids is 1. The summed E-state index contributed by atoms with van der Waals surface area (Å²) < 4.78 is 2.22. The van der Waals surface area contributed by atoms with Crippen molar-refractivity contribution in [2.24, 2.45) is 0 Å². The molecule has 0 aliphatic carbocycles. The van der Waals surface area contributed by atoms with Crippen molar-refractivity contribution >= 4 is 11.7 Å². The second-order valence-corrected chi connectivity index (χ2v) is 8.04. The molecule has 4 nitrogen and oxygen atoms in total. The van der Waals surface area contributed by atoms with Crippen molar-refractivity contribution in [1.82, 2.24) is 9.47 Å². The molecular weight excluding hydrogens is 358 g/mol. The lowest BCUT2D eigenvalue weighted by molar-refractivity contribution is 0.192. The fraction of sp³-hybridized carbons (Fsp3) is 0.320. The summed E-state index contributed by atoms with van der Waals surface area (Å²) in [6.07, 6.45) is 2.08. The van der Waals surface area contributed by atoms with Crippen molar-refractivity contribution in [3.63, 3.8) is 0 Å². The molecule has 2 aromatic carbocycles. The second kappa shape index (κ2) is 8.99. The summed E-state index contributed by atoms with van der Waals surface area (Å²) in [5.41, 5.74) is 6.69. The molecule has 0 unspecified atom stereocenters. The molecule has 0 saturated heterocycles. The molecule has 0 aliphatic heterocycles. The average Bonchev–Trinajstić information content (AvgIpc) is 3.09. The zero-order chi connectivity index (χ0) is 21.0. The predicted molar refractivity (Wildman–Crippen MR) is 120 cm³/mol. The quantitative estimate of drug-likeness (QED) is 0.559. The minimum absolute atomic E-state index is 0.0688. The fourth-order valence-electron chi connectivity index (χ4n) is 3.61. The van der Waals surface area contributed by atoms with Crippen molar-refractivity contribution in [3.05, 3.63) is 88.7 Å². The van der Waals surface area contributed by atoms with Crippen molar-refractivity contribution in [1.29, 1.82) is 0 Å². The van der Waals surface area contributed by atoms with Gasteiger partial charge in [-0.2, -0.15) is 0 Å². The fourth-order valence-corrected chi connectivity index (χ4v) is 3.61. The molecule has 0 aliphatic rings.